The quantitative estimate of drug-likeness (QED) is 0.887. The molecule has 0 aromatic carbocycles. The molecule has 1 N–H and O–H groups in total. The summed E-state index contributed by atoms with van der Waals surface area (Å²) in [5.74, 6) is 2.01. The van der Waals surface area contributed by atoms with Gasteiger partial charge in [-0.05, 0) is 32.2 Å². The van der Waals surface area contributed by atoms with E-state index in [2.05, 4.69) is 27.1 Å². The van der Waals surface area contributed by atoms with Crippen LogP contribution in [0.2, 0.25) is 0 Å². The number of aromatic nitrogens is 2. The molecule has 1 atom stereocenters. The number of hydrogen-bond acceptors (Lipinski definition) is 4. The van der Waals surface area contributed by atoms with E-state index in [-0.39, 0.29) is 0 Å². The van der Waals surface area contributed by atoms with Crippen LogP contribution in [0.3, 0.4) is 0 Å². The van der Waals surface area contributed by atoms with Crippen LogP contribution in [0.4, 0.5) is 5.82 Å². The topological polar surface area (TPSA) is 41.1 Å². The van der Waals surface area contributed by atoms with E-state index in [9.17, 15) is 0 Å². The van der Waals surface area contributed by atoms with Crippen LogP contribution in [0.25, 0.3) is 0 Å². The highest BCUT2D eigenvalue weighted by Gasteiger charge is 2.18. The Bertz CT molecular complexity index is 367. The van der Waals surface area contributed by atoms with Crippen LogP contribution in [0.5, 0.6) is 0 Å². The van der Waals surface area contributed by atoms with Crippen LogP contribution < -0.4 is 10.2 Å². The first-order chi connectivity index (χ1) is 8.85. The van der Waals surface area contributed by atoms with Crippen molar-refractivity contribution < 1.29 is 0 Å². The zero-order chi connectivity index (χ0) is 12.8. The molecule has 1 saturated heterocycles. The van der Waals surface area contributed by atoms with Gasteiger partial charge in [0, 0.05) is 31.4 Å². The van der Waals surface area contributed by atoms with Crippen molar-refractivity contribution in [1.82, 2.24) is 15.3 Å². The van der Waals surface area contributed by atoms with Gasteiger partial charge in [-0.3, -0.25) is 0 Å². The number of nitrogens with zero attached hydrogens (tertiary/aromatic N) is 3. The minimum atomic E-state index is 0.837. The SMILES string of the molecule is CCC1CCCN(c2ncncc2CNC)CC1. The molecular weight excluding hydrogens is 224 g/mol. The summed E-state index contributed by atoms with van der Waals surface area (Å²) in [7, 11) is 1.96. The molecule has 18 heavy (non-hydrogen) atoms. The summed E-state index contributed by atoms with van der Waals surface area (Å²) in [6.45, 7) is 5.40. The van der Waals surface area contributed by atoms with E-state index in [4.69, 9.17) is 0 Å². The molecule has 2 heterocycles. The van der Waals surface area contributed by atoms with E-state index in [0.717, 1.165) is 31.4 Å². The Morgan fingerprint density at radius 2 is 2.28 bits per heavy atom. The molecule has 2 rings (SSSR count). The van der Waals surface area contributed by atoms with Gasteiger partial charge in [0.1, 0.15) is 12.1 Å². The Morgan fingerprint density at radius 3 is 3.06 bits per heavy atom. The van der Waals surface area contributed by atoms with Crippen LogP contribution in [0.15, 0.2) is 12.5 Å². The van der Waals surface area contributed by atoms with E-state index < -0.39 is 0 Å². The van der Waals surface area contributed by atoms with E-state index in [1.807, 2.05) is 13.2 Å². The second-order valence-electron chi connectivity index (χ2n) is 5.09. The van der Waals surface area contributed by atoms with Crippen LogP contribution >= 0.6 is 0 Å². The fourth-order valence-electron chi connectivity index (χ4n) is 2.74. The van der Waals surface area contributed by atoms with Crippen LogP contribution in [0.1, 0.15) is 38.2 Å². The second-order valence-corrected chi connectivity index (χ2v) is 5.09. The summed E-state index contributed by atoms with van der Waals surface area (Å²) in [4.78, 5) is 11.1. The van der Waals surface area contributed by atoms with E-state index in [1.165, 1.54) is 31.2 Å². The van der Waals surface area contributed by atoms with Crippen LogP contribution in [-0.2, 0) is 6.54 Å². The van der Waals surface area contributed by atoms with Crippen LogP contribution in [-0.4, -0.2) is 30.1 Å². The summed E-state index contributed by atoms with van der Waals surface area (Å²) in [5.41, 5.74) is 1.20. The summed E-state index contributed by atoms with van der Waals surface area (Å²) in [5, 5.41) is 3.19. The molecule has 1 unspecified atom stereocenters. The van der Waals surface area contributed by atoms with Crippen molar-refractivity contribution in [2.24, 2.45) is 5.92 Å². The van der Waals surface area contributed by atoms with Gasteiger partial charge in [0.05, 0.1) is 0 Å². The van der Waals surface area contributed by atoms with Crippen molar-refractivity contribution in [3.8, 4) is 0 Å². The number of rotatable bonds is 4. The summed E-state index contributed by atoms with van der Waals surface area (Å²) >= 11 is 0. The monoisotopic (exact) mass is 248 g/mol. The fraction of sp³-hybridized carbons (Fsp3) is 0.714. The largest absolute Gasteiger partial charge is 0.356 e. The van der Waals surface area contributed by atoms with Gasteiger partial charge in [-0.25, -0.2) is 9.97 Å². The normalized spacial score (nSPS) is 20.8. The predicted octanol–water partition coefficient (Wildman–Crippen LogP) is 2.21. The Labute approximate surface area is 110 Å². The third kappa shape index (κ3) is 3.19. The summed E-state index contributed by atoms with van der Waals surface area (Å²) in [6.07, 6.45) is 8.83. The average molecular weight is 248 g/mol. The van der Waals surface area contributed by atoms with Gasteiger partial charge in [0.2, 0.25) is 0 Å². The van der Waals surface area contributed by atoms with E-state index >= 15 is 0 Å². The first kappa shape index (κ1) is 13.3. The number of hydrogen-bond donors (Lipinski definition) is 1. The van der Waals surface area contributed by atoms with Crippen molar-refractivity contribution in [2.45, 2.75) is 39.2 Å². The molecule has 0 spiro atoms. The first-order valence-electron chi connectivity index (χ1n) is 7.03. The summed E-state index contributed by atoms with van der Waals surface area (Å²) in [6, 6.07) is 0. The lowest BCUT2D eigenvalue weighted by Crippen LogP contribution is -2.27. The Balaban J connectivity index is 2.10. The second kappa shape index (κ2) is 6.69. The van der Waals surface area contributed by atoms with Gasteiger partial charge in [-0.15, -0.1) is 0 Å². The molecule has 0 radical (unpaired) electrons. The third-order valence-electron chi connectivity index (χ3n) is 3.86. The average Bonchev–Trinajstić information content (AvgIpc) is 2.65. The molecule has 100 valence electrons. The predicted molar refractivity (Wildman–Crippen MR) is 74.6 cm³/mol. The van der Waals surface area contributed by atoms with Gasteiger partial charge in [0.25, 0.3) is 0 Å². The lowest BCUT2D eigenvalue weighted by atomic mass is 9.98. The smallest absolute Gasteiger partial charge is 0.136 e. The highest BCUT2D eigenvalue weighted by Crippen LogP contribution is 2.24. The van der Waals surface area contributed by atoms with Crippen molar-refractivity contribution >= 4 is 5.82 Å². The third-order valence-corrected chi connectivity index (χ3v) is 3.86. The lowest BCUT2D eigenvalue weighted by Gasteiger charge is -2.23. The lowest BCUT2D eigenvalue weighted by molar-refractivity contribution is 0.459. The van der Waals surface area contributed by atoms with E-state index in [0.29, 0.717) is 0 Å². The molecule has 1 aromatic rings. The maximum Gasteiger partial charge on any atom is 0.136 e. The van der Waals surface area contributed by atoms with Gasteiger partial charge in [0.15, 0.2) is 0 Å². The maximum absolute atomic E-state index is 4.49. The zero-order valence-corrected chi connectivity index (χ0v) is 11.5. The van der Waals surface area contributed by atoms with Crippen LogP contribution in [0, 0.1) is 5.92 Å². The Kier molecular flexibility index (Phi) is 4.93. The molecule has 0 saturated carbocycles. The molecule has 1 aliphatic rings. The minimum absolute atomic E-state index is 0.837. The van der Waals surface area contributed by atoms with Crippen molar-refractivity contribution in [1.29, 1.82) is 0 Å². The molecule has 0 amide bonds. The van der Waals surface area contributed by atoms with Gasteiger partial charge in [-0.2, -0.15) is 0 Å². The molecule has 4 heteroatoms. The fourth-order valence-corrected chi connectivity index (χ4v) is 2.74. The molecule has 1 aromatic heterocycles. The number of anilines is 1. The summed E-state index contributed by atoms with van der Waals surface area (Å²) < 4.78 is 0. The maximum atomic E-state index is 4.49. The Hall–Kier alpha value is -1.16. The van der Waals surface area contributed by atoms with Crippen molar-refractivity contribution in [3.63, 3.8) is 0 Å². The Morgan fingerprint density at radius 1 is 1.39 bits per heavy atom. The first-order valence-corrected chi connectivity index (χ1v) is 7.03. The molecule has 1 fully saturated rings. The molecule has 1 aliphatic heterocycles. The minimum Gasteiger partial charge on any atom is -0.356 e. The van der Waals surface area contributed by atoms with Crippen molar-refractivity contribution in [3.05, 3.63) is 18.1 Å². The molecule has 0 aliphatic carbocycles. The molecular formula is C14H24N4. The van der Waals surface area contributed by atoms with E-state index in [1.54, 1.807) is 6.33 Å². The highest BCUT2D eigenvalue weighted by molar-refractivity contribution is 5.45. The molecule has 0 bridgehead atoms. The zero-order valence-electron chi connectivity index (χ0n) is 11.5. The standard InChI is InChI=1S/C14H24N4/c1-3-12-5-4-7-18(8-6-12)14-13(9-15-2)10-16-11-17-14/h10-12,15H,3-9H2,1-2H3. The molecule has 4 nitrogen and oxygen atoms in total. The van der Waals surface area contributed by atoms with Gasteiger partial charge >= 0.3 is 0 Å². The van der Waals surface area contributed by atoms with Crippen molar-refractivity contribution in [2.75, 3.05) is 25.0 Å². The van der Waals surface area contributed by atoms with Gasteiger partial charge < -0.3 is 10.2 Å². The highest BCUT2D eigenvalue weighted by atomic mass is 15.2. The van der Waals surface area contributed by atoms with Gasteiger partial charge in [-0.1, -0.05) is 13.3 Å². The number of nitrogens with one attached hydrogen (secondary N) is 1.